The van der Waals surface area contributed by atoms with Crippen molar-refractivity contribution in [2.24, 2.45) is 0 Å². The van der Waals surface area contributed by atoms with Crippen molar-refractivity contribution in [1.29, 1.82) is 0 Å². The van der Waals surface area contributed by atoms with Crippen molar-refractivity contribution in [3.63, 3.8) is 0 Å². The highest BCUT2D eigenvalue weighted by Crippen LogP contribution is 2.41. The molecule has 0 bridgehead atoms. The minimum absolute atomic E-state index is 0.155. The van der Waals surface area contributed by atoms with Gasteiger partial charge in [-0.2, -0.15) is 0 Å². The third-order valence-electron chi connectivity index (χ3n) is 4.50. The Labute approximate surface area is 176 Å². The topological polar surface area (TPSA) is 85.9 Å². The van der Waals surface area contributed by atoms with Gasteiger partial charge in [0.1, 0.15) is 0 Å². The zero-order chi connectivity index (χ0) is 21.4. The van der Waals surface area contributed by atoms with Gasteiger partial charge in [0.15, 0.2) is 0 Å². The summed E-state index contributed by atoms with van der Waals surface area (Å²) in [5.74, 6) is -1.82. The van der Waals surface area contributed by atoms with Crippen molar-refractivity contribution in [3.05, 3.63) is 57.4 Å². The van der Waals surface area contributed by atoms with E-state index in [-0.39, 0.29) is 18.8 Å². The summed E-state index contributed by atoms with van der Waals surface area (Å²) in [4.78, 5) is 25.6. The number of carbonyl (C=O) groups is 2. The van der Waals surface area contributed by atoms with Gasteiger partial charge in [0.2, 0.25) is 0 Å². The standard InChI is InChI=1S/C21H27ClN2O5/c1-5-29-21(26)19-16(12-28-11-10-23-3)24-13(2)17(20(25)27-4)18(19)14-8-6-7-9-15(14)22/h6-9,18,23-24H,5,10-12H2,1-4H3. The summed E-state index contributed by atoms with van der Waals surface area (Å²) in [6, 6.07) is 7.10. The first-order valence-corrected chi connectivity index (χ1v) is 9.77. The summed E-state index contributed by atoms with van der Waals surface area (Å²) < 4.78 is 16.0. The van der Waals surface area contributed by atoms with E-state index in [0.717, 1.165) is 0 Å². The number of rotatable bonds is 9. The Kier molecular flexibility index (Phi) is 8.70. The summed E-state index contributed by atoms with van der Waals surface area (Å²) >= 11 is 6.45. The van der Waals surface area contributed by atoms with Crippen LogP contribution in [0, 0.1) is 0 Å². The van der Waals surface area contributed by atoms with E-state index in [0.29, 0.717) is 40.7 Å². The van der Waals surface area contributed by atoms with Crippen molar-refractivity contribution < 1.29 is 23.8 Å². The Hall–Kier alpha value is -2.35. The number of methoxy groups -OCH3 is 1. The van der Waals surface area contributed by atoms with E-state index in [1.54, 1.807) is 38.1 Å². The first-order valence-electron chi connectivity index (χ1n) is 9.39. The number of hydrogen-bond acceptors (Lipinski definition) is 7. The molecule has 0 radical (unpaired) electrons. The average Bonchev–Trinajstić information content (AvgIpc) is 2.70. The van der Waals surface area contributed by atoms with E-state index in [9.17, 15) is 9.59 Å². The Morgan fingerprint density at radius 2 is 1.93 bits per heavy atom. The highest BCUT2D eigenvalue weighted by atomic mass is 35.5. The fraction of sp³-hybridized carbons (Fsp3) is 0.429. The molecule has 1 aliphatic rings. The van der Waals surface area contributed by atoms with E-state index in [2.05, 4.69) is 10.6 Å². The van der Waals surface area contributed by atoms with Gasteiger partial charge in [-0.1, -0.05) is 29.8 Å². The lowest BCUT2D eigenvalue weighted by molar-refractivity contribution is -0.139. The average molecular weight is 423 g/mol. The maximum atomic E-state index is 12.9. The van der Waals surface area contributed by atoms with Crippen molar-refractivity contribution in [2.75, 3.05) is 40.5 Å². The van der Waals surface area contributed by atoms with Crippen LogP contribution >= 0.6 is 11.6 Å². The zero-order valence-corrected chi connectivity index (χ0v) is 17.9. The molecule has 0 amide bonds. The van der Waals surface area contributed by atoms with Crippen molar-refractivity contribution in [1.82, 2.24) is 10.6 Å². The lowest BCUT2D eigenvalue weighted by atomic mass is 9.80. The maximum Gasteiger partial charge on any atom is 0.336 e. The number of hydrogen-bond donors (Lipinski definition) is 2. The number of carbonyl (C=O) groups excluding carboxylic acids is 2. The van der Waals surface area contributed by atoms with Crippen LogP contribution < -0.4 is 10.6 Å². The van der Waals surface area contributed by atoms with Crippen LogP contribution in [0.1, 0.15) is 25.3 Å². The molecular formula is C21H27ClN2O5. The molecule has 1 unspecified atom stereocenters. The summed E-state index contributed by atoms with van der Waals surface area (Å²) in [7, 11) is 3.13. The smallest absolute Gasteiger partial charge is 0.336 e. The molecule has 0 saturated carbocycles. The van der Waals surface area contributed by atoms with Gasteiger partial charge in [0.25, 0.3) is 0 Å². The van der Waals surface area contributed by atoms with Gasteiger partial charge in [0.05, 0.1) is 49.7 Å². The van der Waals surface area contributed by atoms with Gasteiger partial charge in [0, 0.05) is 17.3 Å². The third kappa shape index (κ3) is 5.38. The first kappa shape index (κ1) is 22.9. The number of likely N-dealkylation sites (N-methyl/N-ethyl adjacent to an activating group) is 1. The second-order valence-corrected chi connectivity index (χ2v) is 6.79. The van der Waals surface area contributed by atoms with Crippen molar-refractivity contribution in [3.8, 4) is 0 Å². The molecular weight excluding hydrogens is 396 g/mol. The molecule has 0 aromatic heterocycles. The van der Waals surface area contributed by atoms with Crippen LogP contribution in [-0.2, 0) is 23.8 Å². The number of ether oxygens (including phenoxy) is 3. The minimum atomic E-state index is -0.737. The van der Waals surface area contributed by atoms with Gasteiger partial charge >= 0.3 is 11.9 Å². The molecule has 1 aromatic rings. The normalized spacial score (nSPS) is 16.5. The summed E-state index contributed by atoms with van der Waals surface area (Å²) in [5, 5.41) is 6.57. The second kappa shape index (κ2) is 11.0. The zero-order valence-electron chi connectivity index (χ0n) is 17.1. The van der Waals surface area contributed by atoms with Crippen LogP contribution in [0.25, 0.3) is 0 Å². The van der Waals surface area contributed by atoms with Crippen LogP contribution in [0.3, 0.4) is 0 Å². The van der Waals surface area contributed by atoms with E-state index < -0.39 is 17.9 Å². The molecule has 2 N–H and O–H groups in total. The SMILES string of the molecule is CCOC(=O)C1=C(COCCNC)NC(C)=C(C(=O)OC)C1c1ccccc1Cl. The Morgan fingerprint density at radius 1 is 1.21 bits per heavy atom. The van der Waals surface area contributed by atoms with Crippen LogP contribution in [0.4, 0.5) is 0 Å². The number of benzene rings is 1. The predicted octanol–water partition coefficient (Wildman–Crippen LogP) is 2.53. The van der Waals surface area contributed by atoms with Gasteiger partial charge in [-0.25, -0.2) is 9.59 Å². The molecule has 1 atom stereocenters. The molecule has 7 nitrogen and oxygen atoms in total. The summed E-state index contributed by atoms with van der Waals surface area (Å²) in [6.45, 7) is 4.96. The number of nitrogens with one attached hydrogen (secondary N) is 2. The van der Waals surface area contributed by atoms with E-state index in [1.807, 2.05) is 7.05 Å². The quantitative estimate of drug-likeness (QED) is 0.467. The lowest BCUT2D eigenvalue weighted by Gasteiger charge is -2.31. The predicted molar refractivity (Wildman–Crippen MR) is 110 cm³/mol. The number of halogens is 1. The van der Waals surface area contributed by atoms with Gasteiger partial charge in [-0.15, -0.1) is 0 Å². The highest BCUT2D eigenvalue weighted by molar-refractivity contribution is 6.31. The fourth-order valence-corrected chi connectivity index (χ4v) is 3.45. The van der Waals surface area contributed by atoms with E-state index >= 15 is 0 Å². The van der Waals surface area contributed by atoms with Gasteiger partial charge < -0.3 is 24.8 Å². The number of dihydropyridines is 1. The molecule has 29 heavy (non-hydrogen) atoms. The Bertz CT molecular complexity index is 819. The molecule has 0 saturated heterocycles. The molecule has 1 aromatic carbocycles. The largest absolute Gasteiger partial charge is 0.466 e. The highest BCUT2D eigenvalue weighted by Gasteiger charge is 2.39. The molecule has 8 heteroatoms. The van der Waals surface area contributed by atoms with E-state index in [1.165, 1.54) is 7.11 Å². The Morgan fingerprint density at radius 3 is 2.55 bits per heavy atom. The monoisotopic (exact) mass is 422 g/mol. The van der Waals surface area contributed by atoms with Gasteiger partial charge in [-0.3, -0.25) is 0 Å². The molecule has 2 rings (SSSR count). The summed E-state index contributed by atoms with van der Waals surface area (Å²) in [5.41, 5.74) is 2.32. The second-order valence-electron chi connectivity index (χ2n) is 6.38. The van der Waals surface area contributed by atoms with Crippen molar-refractivity contribution >= 4 is 23.5 Å². The van der Waals surface area contributed by atoms with Crippen LogP contribution in [-0.4, -0.2) is 52.5 Å². The van der Waals surface area contributed by atoms with Gasteiger partial charge in [-0.05, 0) is 32.5 Å². The molecule has 1 aliphatic heterocycles. The lowest BCUT2D eigenvalue weighted by Crippen LogP contribution is -2.35. The Balaban J connectivity index is 2.62. The molecule has 0 fully saturated rings. The molecule has 1 heterocycles. The van der Waals surface area contributed by atoms with E-state index in [4.69, 9.17) is 25.8 Å². The molecule has 0 spiro atoms. The van der Waals surface area contributed by atoms with Crippen LogP contribution in [0.15, 0.2) is 46.8 Å². The van der Waals surface area contributed by atoms with Crippen molar-refractivity contribution in [2.45, 2.75) is 19.8 Å². The number of allylic oxidation sites excluding steroid dienone is 1. The third-order valence-corrected chi connectivity index (χ3v) is 4.85. The fourth-order valence-electron chi connectivity index (χ4n) is 3.21. The molecule has 158 valence electrons. The minimum Gasteiger partial charge on any atom is -0.466 e. The first-order chi connectivity index (χ1) is 14.0. The number of esters is 2. The van der Waals surface area contributed by atoms with Crippen LogP contribution in [0.5, 0.6) is 0 Å². The molecule has 0 aliphatic carbocycles. The maximum absolute atomic E-state index is 12.9. The summed E-state index contributed by atoms with van der Waals surface area (Å²) in [6.07, 6.45) is 0. The van der Waals surface area contributed by atoms with Crippen LogP contribution in [0.2, 0.25) is 5.02 Å².